The number of hydrogen-bond donors (Lipinski definition) is 1. The van der Waals surface area contributed by atoms with Gasteiger partial charge in [0.15, 0.2) is 5.82 Å². The molecular weight excluding hydrogens is 256 g/mol. The largest absolute Gasteiger partial charge is 0.508 e. The normalized spacial score (nSPS) is 28.1. The van der Waals surface area contributed by atoms with Crippen LogP contribution >= 0.6 is 0 Å². The Morgan fingerprint density at radius 2 is 2.20 bits per heavy atom. The minimum absolute atomic E-state index is 0.256. The van der Waals surface area contributed by atoms with E-state index in [1.165, 1.54) is 0 Å². The molecule has 20 heavy (non-hydrogen) atoms. The first kappa shape index (κ1) is 11.9. The zero-order valence-corrected chi connectivity index (χ0v) is 11.2. The van der Waals surface area contributed by atoms with Crippen molar-refractivity contribution in [2.45, 2.75) is 44.3 Å². The number of fused-ring (bicyclic) bond motifs is 2. The first-order valence-corrected chi connectivity index (χ1v) is 7.00. The Morgan fingerprint density at radius 3 is 2.90 bits per heavy atom. The second kappa shape index (κ2) is 4.31. The summed E-state index contributed by atoms with van der Waals surface area (Å²) < 4.78 is 11.2. The Kier molecular flexibility index (Phi) is 2.57. The molecule has 4 rings (SSSR count). The lowest BCUT2D eigenvalue weighted by Crippen LogP contribution is -2.15. The third-order valence-electron chi connectivity index (χ3n) is 4.32. The zero-order chi connectivity index (χ0) is 13.7. The molecule has 2 aromatic rings. The standard InChI is InChI=1S/C15H16N2O3/c1-8-6-9(2-4-12(8)18)15-16-14(17-20-15)11-7-10-3-5-13(11)19-10/h2,4,6,10-11,13,18H,3,5,7H2,1H3. The summed E-state index contributed by atoms with van der Waals surface area (Å²) in [5.74, 6) is 1.79. The van der Waals surface area contributed by atoms with Crippen LogP contribution in [0.15, 0.2) is 22.7 Å². The molecule has 3 atom stereocenters. The van der Waals surface area contributed by atoms with Gasteiger partial charge in [0.1, 0.15) is 5.75 Å². The van der Waals surface area contributed by atoms with Gasteiger partial charge in [0, 0.05) is 5.56 Å². The van der Waals surface area contributed by atoms with Gasteiger partial charge in [0.05, 0.1) is 18.1 Å². The Balaban J connectivity index is 1.63. The fourth-order valence-corrected chi connectivity index (χ4v) is 3.20. The smallest absolute Gasteiger partial charge is 0.257 e. The van der Waals surface area contributed by atoms with Crippen molar-refractivity contribution in [3.8, 4) is 17.2 Å². The van der Waals surface area contributed by atoms with E-state index in [2.05, 4.69) is 10.1 Å². The van der Waals surface area contributed by atoms with Crippen LogP contribution in [0.5, 0.6) is 5.75 Å². The topological polar surface area (TPSA) is 68.4 Å². The number of ether oxygens (including phenoxy) is 1. The third-order valence-corrected chi connectivity index (χ3v) is 4.32. The number of nitrogens with zero attached hydrogens (tertiary/aromatic N) is 2. The van der Waals surface area contributed by atoms with Crippen molar-refractivity contribution in [3.05, 3.63) is 29.6 Å². The Hall–Kier alpha value is -1.88. The van der Waals surface area contributed by atoms with Crippen LogP contribution < -0.4 is 0 Å². The lowest BCUT2D eigenvalue weighted by Gasteiger charge is -2.13. The molecule has 0 amide bonds. The van der Waals surface area contributed by atoms with Gasteiger partial charge >= 0.3 is 0 Å². The molecule has 2 saturated heterocycles. The molecule has 104 valence electrons. The van der Waals surface area contributed by atoms with Crippen molar-refractivity contribution in [1.29, 1.82) is 0 Å². The molecule has 2 bridgehead atoms. The van der Waals surface area contributed by atoms with Crippen molar-refractivity contribution < 1.29 is 14.4 Å². The number of aryl methyl sites for hydroxylation is 1. The molecule has 0 saturated carbocycles. The van der Waals surface area contributed by atoms with Gasteiger partial charge in [0.25, 0.3) is 5.89 Å². The van der Waals surface area contributed by atoms with Crippen LogP contribution in [0.2, 0.25) is 0 Å². The van der Waals surface area contributed by atoms with Crippen LogP contribution in [0.4, 0.5) is 0 Å². The second-order valence-corrected chi connectivity index (χ2v) is 5.68. The van der Waals surface area contributed by atoms with Crippen LogP contribution in [0.1, 0.15) is 36.6 Å². The summed E-state index contributed by atoms with van der Waals surface area (Å²) in [6.45, 7) is 1.85. The molecule has 1 aromatic heterocycles. The summed E-state index contributed by atoms with van der Waals surface area (Å²) in [5, 5.41) is 13.7. The molecule has 3 unspecified atom stereocenters. The third kappa shape index (κ3) is 1.81. The SMILES string of the molecule is Cc1cc(-c2nc(C3CC4CCC3O4)no2)ccc1O. The van der Waals surface area contributed by atoms with E-state index >= 15 is 0 Å². The number of hydrogen-bond acceptors (Lipinski definition) is 5. The van der Waals surface area contributed by atoms with E-state index in [9.17, 15) is 5.11 Å². The molecule has 0 spiro atoms. The van der Waals surface area contributed by atoms with E-state index in [1.807, 2.05) is 13.0 Å². The molecule has 2 aliphatic rings. The molecule has 1 N–H and O–H groups in total. The fourth-order valence-electron chi connectivity index (χ4n) is 3.20. The maximum Gasteiger partial charge on any atom is 0.257 e. The Bertz CT molecular complexity index is 652. The highest BCUT2D eigenvalue weighted by atomic mass is 16.5. The summed E-state index contributed by atoms with van der Waals surface area (Å²) in [4.78, 5) is 4.51. The first-order chi connectivity index (χ1) is 9.70. The number of rotatable bonds is 2. The maximum absolute atomic E-state index is 9.56. The van der Waals surface area contributed by atoms with E-state index in [-0.39, 0.29) is 17.8 Å². The molecule has 3 heterocycles. The predicted molar refractivity (Wildman–Crippen MR) is 71.4 cm³/mol. The lowest BCUT2D eigenvalue weighted by atomic mass is 9.89. The molecular formula is C15H16N2O3. The maximum atomic E-state index is 9.56. The summed E-state index contributed by atoms with van der Waals surface area (Å²) in [6.07, 6.45) is 3.88. The van der Waals surface area contributed by atoms with Crippen LogP contribution in [-0.4, -0.2) is 27.5 Å². The Morgan fingerprint density at radius 1 is 1.30 bits per heavy atom. The van der Waals surface area contributed by atoms with Gasteiger partial charge in [-0.25, -0.2) is 0 Å². The van der Waals surface area contributed by atoms with Gasteiger partial charge in [-0.05, 0) is 49.9 Å². The van der Waals surface area contributed by atoms with Crippen molar-refractivity contribution in [2.24, 2.45) is 0 Å². The molecule has 0 radical (unpaired) electrons. The molecule has 1 aromatic carbocycles. The highest BCUT2D eigenvalue weighted by Crippen LogP contribution is 2.43. The highest BCUT2D eigenvalue weighted by Gasteiger charge is 2.43. The van der Waals surface area contributed by atoms with Crippen molar-refractivity contribution in [2.75, 3.05) is 0 Å². The lowest BCUT2D eigenvalue weighted by molar-refractivity contribution is 0.0996. The van der Waals surface area contributed by atoms with Gasteiger partial charge in [-0.15, -0.1) is 0 Å². The van der Waals surface area contributed by atoms with Gasteiger partial charge in [-0.3, -0.25) is 0 Å². The van der Waals surface area contributed by atoms with E-state index in [4.69, 9.17) is 9.26 Å². The predicted octanol–water partition coefficient (Wildman–Crippen LogP) is 2.79. The quantitative estimate of drug-likeness (QED) is 0.910. The second-order valence-electron chi connectivity index (χ2n) is 5.68. The molecule has 2 aliphatic heterocycles. The minimum Gasteiger partial charge on any atom is -0.508 e. The number of benzene rings is 1. The van der Waals surface area contributed by atoms with Gasteiger partial charge in [0.2, 0.25) is 0 Å². The van der Waals surface area contributed by atoms with E-state index in [0.717, 1.165) is 36.2 Å². The summed E-state index contributed by atoms with van der Waals surface area (Å²) in [6, 6.07) is 5.29. The number of aromatic hydroxyl groups is 1. The van der Waals surface area contributed by atoms with Gasteiger partial charge in [-0.1, -0.05) is 5.16 Å². The molecule has 2 fully saturated rings. The molecule has 5 nitrogen and oxygen atoms in total. The monoisotopic (exact) mass is 272 g/mol. The van der Waals surface area contributed by atoms with Crippen LogP contribution in [0, 0.1) is 6.92 Å². The number of aromatic nitrogens is 2. The van der Waals surface area contributed by atoms with Gasteiger partial charge < -0.3 is 14.4 Å². The van der Waals surface area contributed by atoms with E-state index in [0.29, 0.717) is 12.0 Å². The number of phenols is 1. The zero-order valence-electron chi connectivity index (χ0n) is 11.2. The van der Waals surface area contributed by atoms with E-state index in [1.54, 1.807) is 12.1 Å². The van der Waals surface area contributed by atoms with E-state index < -0.39 is 0 Å². The van der Waals surface area contributed by atoms with Crippen LogP contribution in [0.25, 0.3) is 11.5 Å². The highest BCUT2D eigenvalue weighted by molar-refractivity contribution is 5.56. The summed E-state index contributed by atoms with van der Waals surface area (Å²) >= 11 is 0. The molecule has 0 aliphatic carbocycles. The van der Waals surface area contributed by atoms with Gasteiger partial charge in [-0.2, -0.15) is 4.98 Å². The molecule has 5 heteroatoms. The fraction of sp³-hybridized carbons (Fsp3) is 0.467. The van der Waals surface area contributed by atoms with Crippen molar-refractivity contribution in [1.82, 2.24) is 10.1 Å². The minimum atomic E-state index is 0.256. The Labute approximate surface area is 116 Å². The average Bonchev–Trinajstić information content (AvgIpc) is 3.16. The number of phenolic OH excluding ortho intramolecular Hbond substituents is 1. The summed E-state index contributed by atoms with van der Waals surface area (Å²) in [7, 11) is 0. The van der Waals surface area contributed by atoms with Crippen molar-refractivity contribution in [3.63, 3.8) is 0 Å². The first-order valence-electron chi connectivity index (χ1n) is 7.00. The van der Waals surface area contributed by atoms with Crippen LogP contribution in [-0.2, 0) is 4.74 Å². The summed E-state index contributed by atoms with van der Waals surface area (Å²) in [5.41, 5.74) is 1.63. The van der Waals surface area contributed by atoms with Crippen LogP contribution in [0.3, 0.4) is 0 Å². The average molecular weight is 272 g/mol. The van der Waals surface area contributed by atoms with Crippen molar-refractivity contribution >= 4 is 0 Å².